The molecule has 0 aliphatic rings. The molecule has 20 heavy (non-hydrogen) atoms. The summed E-state index contributed by atoms with van der Waals surface area (Å²) < 4.78 is 6.09. The van der Waals surface area contributed by atoms with Gasteiger partial charge in [0, 0.05) is 0 Å². The molecule has 2 aromatic rings. The zero-order valence-electron chi connectivity index (χ0n) is 11.0. The van der Waals surface area contributed by atoms with E-state index >= 15 is 0 Å². The van der Waals surface area contributed by atoms with E-state index in [1.807, 2.05) is 0 Å². The van der Waals surface area contributed by atoms with Crippen LogP contribution >= 0.6 is 0 Å². The molecule has 0 atom stereocenters. The Hall–Kier alpha value is -2.71. The van der Waals surface area contributed by atoms with Crippen LogP contribution in [0.15, 0.2) is 10.7 Å². The van der Waals surface area contributed by atoms with Crippen LogP contribution in [0, 0.1) is 13.8 Å². The van der Waals surface area contributed by atoms with Gasteiger partial charge in [-0.15, -0.1) is 5.10 Å². The SMILES string of the molecule is Cc1noc(C)c1C(=O)NCc1cn(CC(=O)O)nn1. The topological polar surface area (TPSA) is 123 Å². The summed E-state index contributed by atoms with van der Waals surface area (Å²) in [7, 11) is 0. The maximum atomic E-state index is 11.9. The number of aromatic nitrogens is 4. The van der Waals surface area contributed by atoms with E-state index in [1.165, 1.54) is 10.9 Å². The van der Waals surface area contributed by atoms with Crippen molar-refractivity contribution in [1.29, 1.82) is 0 Å². The molecule has 0 saturated carbocycles. The van der Waals surface area contributed by atoms with Crippen molar-refractivity contribution >= 4 is 11.9 Å². The van der Waals surface area contributed by atoms with Crippen molar-refractivity contribution < 1.29 is 19.2 Å². The van der Waals surface area contributed by atoms with E-state index in [9.17, 15) is 9.59 Å². The molecule has 0 fully saturated rings. The van der Waals surface area contributed by atoms with Crippen molar-refractivity contribution in [2.75, 3.05) is 0 Å². The first-order chi connectivity index (χ1) is 9.47. The quantitative estimate of drug-likeness (QED) is 0.783. The van der Waals surface area contributed by atoms with Crippen LogP contribution < -0.4 is 5.32 Å². The van der Waals surface area contributed by atoms with Crippen molar-refractivity contribution in [3.05, 3.63) is 28.9 Å². The van der Waals surface area contributed by atoms with E-state index in [0.717, 1.165) is 0 Å². The number of aliphatic carboxylic acids is 1. The highest BCUT2D eigenvalue weighted by Crippen LogP contribution is 2.11. The van der Waals surface area contributed by atoms with Gasteiger partial charge in [0.15, 0.2) is 0 Å². The molecule has 0 bridgehead atoms. The molecule has 2 heterocycles. The number of amides is 1. The Morgan fingerprint density at radius 1 is 1.45 bits per heavy atom. The van der Waals surface area contributed by atoms with E-state index in [1.54, 1.807) is 13.8 Å². The lowest BCUT2D eigenvalue weighted by atomic mass is 10.2. The number of hydrogen-bond acceptors (Lipinski definition) is 6. The Morgan fingerprint density at radius 3 is 2.80 bits per heavy atom. The summed E-state index contributed by atoms with van der Waals surface area (Å²) in [6.45, 7) is 3.19. The van der Waals surface area contributed by atoms with Gasteiger partial charge in [-0.2, -0.15) is 0 Å². The van der Waals surface area contributed by atoms with Crippen LogP contribution in [0.3, 0.4) is 0 Å². The highest BCUT2D eigenvalue weighted by Gasteiger charge is 2.17. The van der Waals surface area contributed by atoms with Gasteiger partial charge in [0.1, 0.15) is 23.6 Å². The number of carboxylic acid groups (broad SMARTS) is 1. The zero-order valence-corrected chi connectivity index (χ0v) is 11.0. The minimum atomic E-state index is -1.01. The number of rotatable bonds is 5. The lowest BCUT2D eigenvalue weighted by Crippen LogP contribution is -2.24. The largest absolute Gasteiger partial charge is 0.480 e. The monoisotopic (exact) mass is 279 g/mol. The summed E-state index contributed by atoms with van der Waals surface area (Å²) >= 11 is 0. The molecule has 0 aliphatic heterocycles. The van der Waals surface area contributed by atoms with Crippen LogP contribution in [0.5, 0.6) is 0 Å². The molecule has 0 spiro atoms. The fourth-order valence-electron chi connectivity index (χ4n) is 1.70. The Kier molecular flexibility index (Phi) is 3.78. The molecule has 2 N–H and O–H groups in total. The number of nitrogens with one attached hydrogen (secondary N) is 1. The van der Waals surface area contributed by atoms with Crippen molar-refractivity contribution in [2.24, 2.45) is 0 Å². The average Bonchev–Trinajstić information content (AvgIpc) is 2.93. The van der Waals surface area contributed by atoms with Crippen molar-refractivity contribution in [3.8, 4) is 0 Å². The molecule has 0 unspecified atom stereocenters. The number of nitrogens with zero attached hydrogens (tertiary/aromatic N) is 4. The van der Waals surface area contributed by atoms with Crippen LogP contribution in [-0.4, -0.2) is 37.1 Å². The molecule has 0 saturated heterocycles. The normalized spacial score (nSPS) is 10.5. The number of carbonyl (C=O) groups excluding carboxylic acids is 1. The molecule has 0 aromatic carbocycles. The van der Waals surface area contributed by atoms with Crippen molar-refractivity contribution in [3.63, 3.8) is 0 Å². The molecule has 1 amide bonds. The first kappa shape index (κ1) is 13.7. The van der Waals surface area contributed by atoms with Gasteiger partial charge >= 0.3 is 5.97 Å². The molecular weight excluding hydrogens is 266 g/mol. The highest BCUT2D eigenvalue weighted by molar-refractivity contribution is 5.95. The van der Waals surface area contributed by atoms with E-state index in [0.29, 0.717) is 22.7 Å². The summed E-state index contributed by atoms with van der Waals surface area (Å²) in [6.07, 6.45) is 1.46. The molecule has 0 aliphatic carbocycles. The summed E-state index contributed by atoms with van der Waals surface area (Å²) in [6, 6.07) is 0. The Labute approximate surface area is 113 Å². The Balaban J connectivity index is 1.97. The van der Waals surface area contributed by atoms with Gasteiger partial charge in [-0.05, 0) is 13.8 Å². The first-order valence-corrected chi connectivity index (χ1v) is 5.79. The molecule has 2 rings (SSSR count). The maximum absolute atomic E-state index is 11.9. The van der Waals surface area contributed by atoms with Gasteiger partial charge in [-0.25, -0.2) is 4.68 Å². The van der Waals surface area contributed by atoms with Gasteiger partial charge in [-0.3, -0.25) is 9.59 Å². The van der Waals surface area contributed by atoms with Gasteiger partial charge in [0.25, 0.3) is 5.91 Å². The number of carboxylic acids is 1. The second-order valence-corrected chi connectivity index (χ2v) is 4.18. The molecule has 2 aromatic heterocycles. The fraction of sp³-hybridized carbons (Fsp3) is 0.364. The number of hydrogen-bond donors (Lipinski definition) is 2. The van der Waals surface area contributed by atoms with Crippen LogP contribution in [0.25, 0.3) is 0 Å². The smallest absolute Gasteiger partial charge is 0.325 e. The van der Waals surface area contributed by atoms with Gasteiger partial charge < -0.3 is 14.9 Å². The number of carbonyl (C=O) groups is 2. The number of aryl methyl sites for hydroxylation is 2. The minimum absolute atomic E-state index is 0.141. The van der Waals surface area contributed by atoms with Gasteiger partial charge in [-0.1, -0.05) is 10.4 Å². The maximum Gasteiger partial charge on any atom is 0.325 e. The standard InChI is InChI=1S/C11H13N5O4/c1-6-10(7(2)20-14-6)11(19)12-3-8-4-16(15-13-8)5-9(17)18/h4H,3,5H2,1-2H3,(H,12,19)(H,17,18). The van der Waals surface area contributed by atoms with Crippen LogP contribution in [-0.2, 0) is 17.9 Å². The predicted molar refractivity (Wildman–Crippen MR) is 64.8 cm³/mol. The second-order valence-electron chi connectivity index (χ2n) is 4.18. The van der Waals surface area contributed by atoms with Crippen LogP contribution in [0.1, 0.15) is 27.5 Å². The van der Waals surface area contributed by atoms with Gasteiger partial charge in [0.2, 0.25) is 0 Å². The third kappa shape index (κ3) is 2.99. The van der Waals surface area contributed by atoms with Crippen molar-refractivity contribution in [2.45, 2.75) is 26.9 Å². The Bertz CT molecular complexity index is 626. The second kappa shape index (κ2) is 5.51. The lowest BCUT2D eigenvalue weighted by molar-refractivity contribution is -0.137. The fourth-order valence-corrected chi connectivity index (χ4v) is 1.70. The summed E-state index contributed by atoms with van der Waals surface area (Å²) in [5.74, 6) is -0.898. The van der Waals surface area contributed by atoms with E-state index < -0.39 is 5.97 Å². The summed E-state index contributed by atoms with van der Waals surface area (Å²) in [5.41, 5.74) is 1.36. The third-order valence-electron chi connectivity index (χ3n) is 2.57. The lowest BCUT2D eigenvalue weighted by Gasteiger charge is -2.01. The summed E-state index contributed by atoms with van der Waals surface area (Å²) in [5, 5.41) is 22.3. The molecule has 106 valence electrons. The Morgan fingerprint density at radius 2 is 2.20 bits per heavy atom. The molecular formula is C11H13N5O4. The van der Waals surface area contributed by atoms with Crippen LogP contribution in [0.4, 0.5) is 0 Å². The predicted octanol–water partition coefficient (Wildman–Crippen LogP) is -0.102. The third-order valence-corrected chi connectivity index (χ3v) is 2.57. The van der Waals surface area contributed by atoms with Crippen LogP contribution in [0.2, 0.25) is 0 Å². The summed E-state index contributed by atoms with van der Waals surface area (Å²) in [4.78, 5) is 22.4. The molecule has 0 radical (unpaired) electrons. The first-order valence-electron chi connectivity index (χ1n) is 5.79. The van der Waals surface area contributed by atoms with E-state index in [-0.39, 0.29) is 19.0 Å². The average molecular weight is 279 g/mol. The minimum Gasteiger partial charge on any atom is -0.480 e. The molecule has 9 nitrogen and oxygen atoms in total. The zero-order chi connectivity index (χ0) is 14.7. The van der Waals surface area contributed by atoms with Gasteiger partial charge in [0.05, 0.1) is 18.4 Å². The van der Waals surface area contributed by atoms with Crippen molar-refractivity contribution in [1.82, 2.24) is 25.5 Å². The molecule has 9 heteroatoms. The van der Waals surface area contributed by atoms with E-state index in [4.69, 9.17) is 9.63 Å². The highest BCUT2D eigenvalue weighted by atomic mass is 16.5. The van der Waals surface area contributed by atoms with E-state index in [2.05, 4.69) is 20.8 Å².